The number of benzene rings is 1. The third kappa shape index (κ3) is 5.75. The zero-order chi connectivity index (χ0) is 21.6. The lowest BCUT2D eigenvalue weighted by atomic mass is 9.78. The number of halogens is 1. The van der Waals surface area contributed by atoms with E-state index < -0.39 is 11.5 Å². The Morgan fingerprint density at radius 1 is 1.28 bits per heavy atom. The van der Waals surface area contributed by atoms with Crippen LogP contribution in [0, 0.1) is 5.92 Å². The molecule has 160 valence electrons. The van der Waals surface area contributed by atoms with Crippen molar-refractivity contribution in [3.8, 4) is 0 Å². The van der Waals surface area contributed by atoms with E-state index in [9.17, 15) is 9.59 Å². The number of nitrogens with zero attached hydrogens (tertiary/aromatic N) is 1. The number of hydrogen-bond acceptors (Lipinski definition) is 2. The predicted octanol–water partition coefficient (Wildman–Crippen LogP) is 5.72. The highest BCUT2D eigenvalue weighted by atomic mass is 35.5. The number of urea groups is 1. The average molecular weight is 421 g/mol. The lowest BCUT2D eigenvalue weighted by Gasteiger charge is -2.42. The van der Waals surface area contributed by atoms with E-state index >= 15 is 0 Å². The van der Waals surface area contributed by atoms with E-state index in [1.807, 2.05) is 19.2 Å². The lowest BCUT2D eigenvalue weighted by Crippen LogP contribution is -2.54. The molecule has 0 aromatic heterocycles. The second-order valence-corrected chi connectivity index (χ2v) is 8.66. The number of rotatable bonds is 10. The van der Waals surface area contributed by atoms with Crippen molar-refractivity contribution in [1.29, 1.82) is 0 Å². The summed E-state index contributed by atoms with van der Waals surface area (Å²) >= 11 is 6.58. The van der Waals surface area contributed by atoms with Gasteiger partial charge in [-0.05, 0) is 54.9 Å². The molecule has 2 amide bonds. The molecule has 0 radical (unpaired) electrons. The summed E-state index contributed by atoms with van der Waals surface area (Å²) in [7, 11) is 0. The van der Waals surface area contributed by atoms with E-state index in [1.54, 1.807) is 4.90 Å². The first-order chi connectivity index (χ1) is 13.7. The number of unbranched alkanes of at least 4 members (excludes halogenated alkanes) is 2. The number of nitrogens with one attached hydrogen (secondary N) is 1. The Labute approximate surface area is 179 Å². The van der Waals surface area contributed by atoms with Crippen molar-refractivity contribution in [3.05, 3.63) is 46.1 Å². The van der Waals surface area contributed by atoms with Gasteiger partial charge in [-0.3, -0.25) is 4.79 Å². The highest BCUT2D eigenvalue weighted by molar-refractivity contribution is 6.31. The van der Waals surface area contributed by atoms with Crippen LogP contribution in [0.4, 0.5) is 4.79 Å². The Morgan fingerprint density at radius 2 is 2.00 bits per heavy atom. The molecule has 1 atom stereocenters. The number of aliphatic carboxylic acids is 1. The fourth-order valence-electron chi connectivity index (χ4n) is 3.87. The summed E-state index contributed by atoms with van der Waals surface area (Å²) in [5.41, 5.74) is 2.52. The average Bonchev–Trinajstić information content (AvgIpc) is 2.64. The fourth-order valence-corrected chi connectivity index (χ4v) is 4.15. The highest BCUT2D eigenvalue weighted by Gasteiger charge is 2.39. The Hall–Kier alpha value is -2.01. The molecule has 1 aromatic rings. The zero-order valence-electron chi connectivity index (χ0n) is 17.9. The van der Waals surface area contributed by atoms with Gasteiger partial charge in [0.1, 0.15) is 0 Å². The van der Waals surface area contributed by atoms with Gasteiger partial charge in [-0.15, -0.1) is 0 Å². The molecule has 2 rings (SSSR count). The van der Waals surface area contributed by atoms with Gasteiger partial charge in [-0.1, -0.05) is 57.3 Å². The van der Waals surface area contributed by atoms with Crippen molar-refractivity contribution < 1.29 is 14.7 Å². The van der Waals surface area contributed by atoms with Gasteiger partial charge in [0.25, 0.3) is 0 Å². The van der Waals surface area contributed by atoms with E-state index in [0.29, 0.717) is 13.0 Å². The number of carboxylic acids is 1. The second kappa shape index (κ2) is 10.1. The Balaban J connectivity index is 2.29. The smallest absolute Gasteiger partial charge is 0.322 e. The first-order valence-corrected chi connectivity index (χ1v) is 10.9. The number of carbonyl (C=O) groups excluding carboxylic acids is 1. The largest absolute Gasteiger partial charge is 0.481 e. The van der Waals surface area contributed by atoms with Crippen LogP contribution < -0.4 is 5.32 Å². The van der Waals surface area contributed by atoms with Crippen LogP contribution in [0.3, 0.4) is 0 Å². The number of carboxylic acid groups (broad SMARTS) is 1. The van der Waals surface area contributed by atoms with Gasteiger partial charge in [0.2, 0.25) is 0 Å². The summed E-state index contributed by atoms with van der Waals surface area (Å²) in [4.78, 5) is 25.1. The van der Waals surface area contributed by atoms with Crippen LogP contribution in [0.25, 0.3) is 0 Å². The predicted molar refractivity (Wildman–Crippen MR) is 117 cm³/mol. The van der Waals surface area contributed by atoms with Crippen molar-refractivity contribution in [2.24, 2.45) is 5.92 Å². The van der Waals surface area contributed by atoms with E-state index in [1.165, 1.54) is 12.8 Å². The first-order valence-electron chi connectivity index (χ1n) is 10.5. The van der Waals surface area contributed by atoms with Crippen LogP contribution >= 0.6 is 11.6 Å². The molecule has 0 saturated heterocycles. The van der Waals surface area contributed by atoms with Gasteiger partial charge in [0.05, 0.1) is 5.54 Å². The van der Waals surface area contributed by atoms with E-state index in [0.717, 1.165) is 34.6 Å². The Morgan fingerprint density at radius 3 is 2.59 bits per heavy atom. The standard InChI is InChI=1S/C23H33ClN2O3/c1-5-6-7-9-17-11-12-18(14-20(17)24)23(4)19(16(2)3)15-26(22(29)25-23)13-8-10-21(27)28/h11-12,14-16H,5-10,13H2,1-4H3,(H,25,29)(H,27,28). The van der Waals surface area contributed by atoms with Gasteiger partial charge in [0, 0.05) is 24.2 Å². The molecule has 1 aliphatic rings. The van der Waals surface area contributed by atoms with E-state index in [4.69, 9.17) is 16.7 Å². The van der Waals surface area contributed by atoms with Gasteiger partial charge < -0.3 is 15.3 Å². The highest BCUT2D eigenvalue weighted by Crippen LogP contribution is 2.38. The minimum Gasteiger partial charge on any atom is -0.481 e. The van der Waals surface area contributed by atoms with Crippen molar-refractivity contribution in [2.75, 3.05) is 6.54 Å². The molecule has 1 heterocycles. The van der Waals surface area contributed by atoms with Gasteiger partial charge in [0.15, 0.2) is 0 Å². The second-order valence-electron chi connectivity index (χ2n) is 8.25. The van der Waals surface area contributed by atoms with Crippen molar-refractivity contribution >= 4 is 23.6 Å². The van der Waals surface area contributed by atoms with Crippen LogP contribution in [-0.2, 0) is 16.8 Å². The molecule has 2 N–H and O–H groups in total. The third-order valence-electron chi connectivity index (χ3n) is 5.58. The minimum absolute atomic E-state index is 0.0427. The number of carbonyl (C=O) groups is 2. The third-order valence-corrected chi connectivity index (χ3v) is 5.93. The van der Waals surface area contributed by atoms with Crippen molar-refractivity contribution in [2.45, 2.75) is 71.8 Å². The summed E-state index contributed by atoms with van der Waals surface area (Å²) < 4.78 is 0. The molecule has 1 aromatic carbocycles. The maximum absolute atomic E-state index is 12.7. The molecule has 0 fully saturated rings. The van der Waals surface area contributed by atoms with E-state index in [2.05, 4.69) is 38.2 Å². The quantitative estimate of drug-likeness (QED) is 0.475. The molecule has 5 nitrogen and oxygen atoms in total. The maximum Gasteiger partial charge on any atom is 0.322 e. The molecule has 1 unspecified atom stereocenters. The SMILES string of the molecule is CCCCCc1ccc(C2(C)NC(=O)N(CCCC(=O)O)C=C2C(C)C)cc1Cl. The molecule has 0 bridgehead atoms. The summed E-state index contributed by atoms with van der Waals surface area (Å²) in [6.07, 6.45) is 6.77. The lowest BCUT2D eigenvalue weighted by molar-refractivity contribution is -0.137. The summed E-state index contributed by atoms with van der Waals surface area (Å²) in [5, 5.41) is 12.7. The van der Waals surface area contributed by atoms with Gasteiger partial charge in [-0.25, -0.2) is 4.79 Å². The van der Waals surface area contributed by atoms with Crippen LogP contribution in [0.2, 0.25) is 5.02 Å². The minimum atomic E-state index is -0.853. The van der Waals surface area contributed by atoms with Gasteiger partial charge >= 0.3 is 12.0 Å². The van der Waals surface area contributed by atoms with Crippen LogP contribution in [0.15, 0.2) is 30.0 Å². The molecule has 0 spiro atoms. The van der Waals surface area contributed by atoms with Gasteiger partial charge in [-0.2, -0.15) is 0 Å². The summed E-state index contributed by atoms with van der Waals surface area (Å²) in [6, 6.07) is 5.89. The Kier molecular flexibility index (Phi) is 8.14. The Bertz CT molecular complexity index is 775. The zero-order valence-corrected chi connectivity index (χ0v) is 18.7. The molecule has 0 saturated carbocycles. The molecule has 29 heavy (non-hydrogen) atoms. The number of aryl methyl sites for hydroxylation is 1. The van der Waals surface area contributed by atoms with Crippen LogP contribution in [0.5, 0.6) is 0 Å². The number of hydrogen-bond donors (Lipinski definition) is 2. The van der Waals surface area contributed by atoms with Crippen molar-refractivity contribution in [1.82, 2.24) is 10.2 Å². The fraction of sp³-hybridized carbons (Fsp3) is 0.565. The van der Waals surface area contributed by atoms with Crippen molar-refractivity contribution in [3.63, 3.8) is 0 Å². The number of amides is 2. The topological polar surface area (TPSA) is 69.6 Å². The van der Waals surface area contributed by atoms with Crippen LogP contribution in [-0.4, -0.2) is 28.6 Å². The molecule has 6 heteroatoms. The molecule has 1 aliphatic heterocycles. The van der Waals surface area contributed by atoms with E-state index in [-0.39, 0.29) is 18.4 Å². The molecular formula is C23H33ClN2O3. The van der Waals surface area contributed by atoms with Crippen LogP contribution in [0.1, 0.15) is 70.9 Å². The molecular weight excluding hydrogens is 388 g/mol. The summed E-state index contributed by atoms with van der Waals surface area (Å²) in [5.74, 6) is -0.653. The maximum atomic E-state index is 12.7. The normalized spacial score (nSPS) is 19.3. The molecule has 0 aliphatic carbocycles. The monoisotopic (exact) mass is 420 g/mol. The summed E-state index contributed by atoms with van der Waals surface area (Å²) in [6.45, 7) is 8.76. The first kappa shape index (κ1) is 23.3.